The lowest BCUT2D eigenvalue weighted by atomic mass is 10.1. The van der Waals surface area contributed by atoms with E-state index >= 15 is 0 Å². The zero-order valence-electron chi connectivity index (χ0n) is 19.5. The number of benzene rings is 2. The molecule has 2 aromatic rings. The summed E-state index contributed by atoms with van der Waals surface area (Å²) in [5, 5.41) is 12.2. The first-order valence-electron chi connectivity index (χ1n) is 12.2. The van der Waals surface area contributed by atoms with Gasteiger partial charge in [0.15, 0.2) is 0 Å². The predicted octanol–water partition coefficient (Wildman–Crippen LogP) is 8.33. The molecule has 0 saturated heterocycles. The van der Waals surface area contributed by atoms with Crippen LogP contribution >= 0.6 is 11.8 Å². The third-order valence-electron chi connectivity index (χ3n) is 5.41. The quantitative estimate of drug-likeness (QED) is 0.249. The number of ether oxygens (including phenoxy) is 1. The Morgan fingerprint density at radius 3 is 1.75 bits per heavy atom. The summed E-state index contributed by atoms with van der Waals surface area (Å²) in [6, 6.07) is 14.5. The van der Waals surface area contributed by atoms with Crippen LogP contribution < -0.4 is 10.1 Å². The van der Waals surface area contributed by atoms with E-state index in [2.05, 4.69) is 12.2 Å². The molecule has 2 N–H and O–H groups in total. The summed E-state index contributed by atoms with van der Waals surface area (Å²) in [5.41, 5.74) is 0. The van der Waals surface area contributed by atoms with Gasteiger partial charge in [0.05, 0.1) is 0 Å². The maximum absolute atomic E-state index is 12.0. The largest absolute Gasteiger partial charge is 0.508 e. The minimum Gasteiger partial charge on any atom is -0.508 e. The summed E-state index contributed by atoms with van der Waals surface area (Å²) in [6.45, 7) is 2.92. The lowest BCUT2D eigenvalue weighted by molar-refractivity contribution is 0.200. The van der Waals surface area contributed by atoms with Crippen LogP contribution in [-0.2, 0) is 0 Å². The number of carbonyl (C=O) groups is 1. The fourth-order valence-electron chi connectivity index (χ4n) is 3.53. The number of aromatic hydroxyl groups is 1. The van der Waals surface area contributed by atoms with E-state index in [1.807, 2.05) is 24.3 Å². The van der Waals surface area contributed by atoms with Crippen molar-refractivity contribution >= 4 is 17.9 Å². The molecule has 0 saturated carbocycles. The van der Waals surface area contributed by atoms with Gasteiger partial charge < -0.3 is 15.2 Å². The van der Waals surface area contributed by atoms with Gasteiger partial charge in [-0.05, 0) is 55.0 Å². The molecule has 4 nitrogen and oxygen atoms in total. The van der Waals surface area contributed by atoms with Crippen LogP contribution in [0.5, 0.6) is 11.5 Å². The highest BCUT2D eigenvalue weighted by Crippen LogP contribution is 2.30. The highest BCUT2D eigenvalue weighted by atomic mass is 32.2. The lowest BCUT2D eigenvalue weighted by Gasteiger charge is -2.08. The number of carbonyl (C=O) groups excluding carboxylic acids is 1. The van der Waals surface area contributed by atoms with Crippen molar-refractivity contribution in [2.45, 2.75) is 93.8 Å². The van der Waals surface area contributed by atoms with E-state index in [4.69, 9.17) is 4.74 Å². The van der Waals surface area contributed by atoms with Gasteiger partial charge in [-0.25, -0.2) is 4.79 Å². The van der Waals surface area contributed by atoms with Gasteiger partial charge in [-0.15, -0.1) is 0 Å². The number of phenols is 1. The van der Waals surface area contributed by atoms with Gasteiger partial charge in [0.25, 0.3) is 0 Å². The third-order valence-corrected chi connectivity index (χ3v) is 6.42. The number of hydrogen-bond acceptors (Lipinski definition) is 4. The zero-order valence-corrected chi connectivity index (χ0v) is 20.3. The van der Waals surface area contributed by atoms with Crippen LogP contribution in [0.1, 0.15) is 84.0 Å². The first-order chi connectivity index (χ1) is 15.7. The second-order valence-electron chi connectivity index (χ2n) is 8.27. The van der Waals surface area contributed by atoms with Crippen LogP contribution in [0.3, 0.4) is 0 Å². The zero-order chi connectivity index (χ0) is 22.9. The van der Waals surface area contributed by atoms with Gasteiger partial charge in [0, 0.05) is 16.3 Å². The summed E-state index contributed by atoms with van der Waals surface area (Å²) < 4.78 is 5.35. The number of nitrogens with one attached hydrogen (secondary N) is 1. The summed E-state index contributed by atoms with van der Waals surface area (Å²) in [6.07, 6.45) is 15.3. The molecular weight excluding hydrogens is 418 g/mol. The third kappa shape index (κ3) is 12.0. The Hall–Kier alpha value is -2.14. The number of amides is 1. The SMILES string of the molecule is CCCCCCCCCCCCCCNC(=O)Oc1ccc(Sc2ccc(O)cc2)cc1. The first-order valence-corrected chi connectivity index (χ1v) is 13.0. The van der Waals surface area contributed by atoms with E-state index < -0.39 is 6.09 Å². The molecule has 0 radical (unpaired) electrons. The topological polar surface area (TPSA) is 58.6 Å². The Morgan fingerprint density at radius 1 is 0.750 bits per heavy atom. The fraction of sp³-hybridized carbons (Fsp3) is 0.519. The summed E-state index contributed by atoms with van der Waals surface area (Å²) >= 11 is 1.59. The van der Waals surface area contributed by atoms with E-state index in [0.29, 0.717) is 12.3 Å². The molecule has 32 heavy (non-hydrogen) atoms. The highest BCUT2D eigenvalue weighted by molar-refractivity contribution is 7.99. The van der Waals surface area contributed by atoms with Crippen molar-refractivity contribution in [3.8, 4) is 11.5 Å². The molecule has 0 bridgehead atoms. The van der Waals surface area contributed by atoms with Gasteiger partial charge in [0.2, 0.25) is 0 Å². The highest BCUT2D eigenvalue weighted by Gasteiger charge is 2.04. The molecule has 0 aliphatic carbocycles. The van der Waals surface area contributed by atoms with Gasteiger partial charge in [-0.3, -0.25) is 0 Å². The first kappa shape index (κ1) is 26.1. The Labute approximate surface area is 198 Å². The Morgan fingerprint density at radius 2 is 1.22 bits per heavy atom. The molecule has 5 heteroatoms. The van der Waals surface area contributed by atoms with Crippen LogP contribution in [0.2, 0.25) is 0 Å². The molecule has 0 aromatic heterocycles. The van der Waals surface area contributed by atoms with Gasteiger partial charge in [-0.1, -0.05) is 89.3 Å². The molecule has 0 spiro atoms. The second-order valence-corrected chi connectivity index (χ2v) is 9.42. The van der Waals surface area contributed by atoms with Crippen LogP contribution in [0, 0.1) is 0 Å². The van der Waals surface area contributed by atoms with Crippen LogP contribution in [0.4, 0.5) is 4.79 Å². The predicted molar refractivity (Wildman–Crippen MR) is 134 cm³/mol. The van der Waals surface area contributed by atoms with E-state index in [9.17, 15) is 9.90 Å². The Balaban J connectivity index is 1.47. The van der Waals surface area contributed by atoms with Crippen molar-refractivity contribution in [2.75, 3.05) is 6.54 Å². The van der Waals surface area contributed by atoms with Crippen molar-refractivity contribution in [1.82, 2.24) is 5.32 Å². The summed E-state index contributed by atoms with van der Waals surface area (Å²) in [7, 11) is 0. The molecule has 2 aromatic carbocycles. The van der Waals surface area contributed by atoms with Crippen molar-refractivity contribution in [3.63, 3.8) is 0 Å². The molecule has 0 atom stereocenters. The van der Waals surface area contributed by atoms with E-state index in [-0.39, 0.29) is 5.75 Å². The molecule has 0 unspecified atom stereocenters. The number of rotatable bonds is 16. The maximum Gasteiger partial charge on any atom is 0.412 e. The lowest BCUT2D eigenvalue weighted by Crippen LogP contribution is -2.27. The molecule has 1 amide bonds. The minimum atomic E-state index is -0.396. The minimum absolute atomic E-state index is 0.257. The van der Waals surface area contributed by atoms with E-state index in [1.54, 1.807) is 36.0 Å². The van der Waals surface area contributed by atoms with Crippen molar-refractivity contribution < 1.29 is 14.6 Å². The molecular formula is C27H39NO3S. The Kier molecular flexibility index (Phi) is 13.5. The average molecular weight is 458 g/mol. The number of hydrogen-bond donors (Lipinski definition) is 2. The standard InChI is InChI=1S/C27H39NO3S/c1-2-3-4-5-6-7-8-9-10-11-12-13-22-28-27(30)31-24-16-20-26(21-17-24)32-25-18-14-23(29)15-19-25/h14-21,29H,2-13,22H2,1H3,(H,28,30). The maximum atomic E-state index is 12.0. The van der Waals surface area contributed by atoms with Crippen LogP contribution in [-0.4, -0.2) is 17.7 Å². The number of phenolic OH excluding ortho intramolecular Hbond substituents is 1. The smallest absolute Gasteiger partial charge is 0.412 e. The van der Waals surface area contributed by atoms with Crippen LogP contribution in [0.25, 0.3) is 0 Å². The fourth-order valence-corrected chi connectivity index (χ4v) is 4.34. The molecule has 0 aliphatic heterocycles. The normalized spacial score (nSPS) is 10.8. The monoisotopic (exact) mass is 457 g/mol. The van der Waals surface area contributed by atoms with Gasteiger partial charge in [-0.2, -0.15) is 0 Å². The number of unbranched alkanes of at least 4 members (excludes halogenated alkanes) is 11. The summed E-state index contributed by atoms with van der Waals surface area (Å²) in [4.78, 5) is 14.0. The van der Waals surface area contributed by atoms with E-state index in [0.717, 1.165) is 22.6 Å². The molecule has 2 rings (SSSR count). The Bertz CT molecular complexity index is 747. The second kappa shape index (κ2) is 16.5. The van der Waals surface area contributed by atoms with Gasteiger partial charge >= 0.3 is 6.09 Å². The molecule has 0 aliphatic rings. The van der Waals surface area contributed by atoms with Crippen molar-refractivity contribution in [2.24, 2.45) is 0 Å². The van der Waals surface area contributed by atoms with Crippen molar-refractivity contribution in [1.29, 1.82) is 0 Å². The molecule has 0 heterocycles. The van der Waals surface area contributed by atoms with Gasteiger partial charge in [0.1, 0.15) is 11.5 Å². The molecule has 0 fully saturated rings. The average Bonchev–Trinajstić information content (AvgIpc) is 2.80. The van der Waals surface area contributed by atoms with Crippen molar-refractivity contribution in [3.05, 3.63) is 48.5 Å². The van der Waals surface area contributed by atoms with E-state index in [1.165, 1.54) is 64.2 Å². The summed E-state index contributed by atoms with van der Waals surface area (Å²) in [5.74, 6) is 0.792. The molecule has 176 valence electrons. The van der Waals surface area contributed by atoms with Crippen LogP contribution in [0.15, 0.2) is 58.3 Å².